The van der Waals surface area contributed by atoms with Crippen molar-refractivity contribution in [1.82, 2.24) is 4.90 Å². The van der Waals surface area contributed by atoms with E-state index in [9.17, 15) is 14.4 Å². The number of carboxylic acids is 1. The summed E-state index contributed by atoms with van der Waals surface area (Å²) in [5.41, 5.74) is 4.53. The number of likely N-dealkylation sites (N-methyl/N-ethyl adjacent to an activating group) is 1. The van der Waals surface area contributed by atoms with Gasteiger partial charge in [-0.25, -0.2) is 9.59 Å². The molecular weight excluding hydrogens is 264 g/mol. The number of amides is 1. The van der Waals surface area contributed by atoms with Crippen LogP contribution in [0.4, 0.5) is 0 Å². The first kappa shape index (κ1) is 22.7. The number of aliphatic carboxylic acids is 1. The van der Waals surface area contributed by atoms with E-state index in [-0.39, 0.29) is 5.97 Å². The lowest BCUT2D eigenvalue weighted by atomic mass is 10.6. The van der Waals surface area contributed by atoms with Crippen molar-refractivity contribution in [3.63, 3.8) is 0 Å². The Labute approximate surface area is 119 Å². The van der Waals surface area contributed by atoms with E-state index in [0.29, 0.717) is 6.61 Å². The minimum atomic E-state index is -0.981. The van der Waals surface area contributed by atoms with Crippen molar-refractivity contribution in [1.29, 1.82) is 0 Å². The number of carboxylic acid groups (broad SMARTS) is 1. The lowest BCUT2D eigenvalue weighted by Crippen LogP contribution is -2.19. The third-order valence-electron chi connectivity index (χ3n) is 1.33. The highest BCUT2D eigenvalue weighted by Gasteiger charge is 1.94. The van der Waals surface area contributed by atoms with E-state index in [4.69, 9.17) is 9.84 Å². The van der Waals surface area contributed by atoms with Gasteiger partial charge in [0.25, 0.3) is 0 Å². The summed E-state index contributed by atoms with van der Waals surface area (Å²) < 4.78 is 4.70. The molecule has 0 bridgehead atoms. The van der Waals surface area contributed by atoms with E-state index in [2.05, 4.69) is 25.5 Å². The summed E-state index contributed by atoms with van der Waals surface area (Å²) in [7, 11) is 3.84. The second kappa shape index (κ2) is 16.6. The van der Waals surface area contributed by atoms with Gasteiger partial charge >= 0.3 is 11.9 Å². The van der Waals surface area contributed by atoms with Crippen LogP contribution in [0.1, 0.15) is 0 Å². The molecule has 0 saturated carbocycles. The molecule has 0 radical (unpaired) electrons. The molecule has 1 amide bonds. The lowest BCUT2D eigenvalue weighted by Gasteiger charge is -2.07. The molecule has 20 heavy (non-hydrogen) atoms. The summed E-state index contributed by atoms with van der Waals surface area (Å²) in [6.45, 7) is 10.5. The Morgan fingerprint density at radius 3 is 1.75 bits per heavy atom. The lowest BCUT2D eigenvalue weighted by molar-refractivity contribution is -0.138. The van der Waals surface area contributed by atoms with Crippen molar-refractivity contribution in [3.8, 4) is 0 Å². The van der Waals surface area contributed by atoms with Crippen LogP contribution in [0.25, 0.3) is 0 Å². The largest absolute Gasteiger partial charge is 0.478 e. The van der Waals surface area contributed by atoms with Gasteiger partial charge in [-0.3, -0.25) is 4.79 Å². The van der Waals surface area contributed by atoms with Gasteiger partial charge in [0.1, 0.15) is 6.61 Å². The van der Waals surface area contributed by atoms with E-state index >= 15 is 0 Å². The van der Waals surface area contributed by atoms with Crippen molar-refractivity contribution in [3.05, 3.63) is 38.0 Å². The van der Waals surface area contributed by atoms with Crippen LogP contribution in [0, 0.1) is 0 Å². The van der Waals surface area contributed by atoms with E-state index in [1.165, 1.54) is 0 Å². The highest BCUT2D eigenvalue weighted by Crippen LogP contribution is 1.80. The number of carbonyl (C=O) groups excluding carboxylic acids is 2. The molecule has 0 heterocycles. The average Bonchev–Trinajstić information content (AvgIpc) is 2.39. The van der Waals surface area contributed by atoms with Crippen LogP contribution in [0.15, 0.2) is 38.0 Å². The molecule has 0 aromatic heterocycles. The van der Waals surface area contributed by atoms with Crippen LogP contribution < -0.4 is 5.73 Å². The van der Waals surface area contributed by atoms with Gasteiger partial charge in [0.15, 0.2) is 0 Å². The highest BCUT2D eigenvalue weighted by atomic mass is 16.5. The molecule has 0 aromatic carbocycles. The van der Waals surface area contributed by atoms with Crippen LogP contribution in [0.2, 0.25) is 0 Å². The zero-order chi connectivity index (χ0) is 16.6. The molecule has 0 spiro atoms. The van der Waals surface area contributed by atoms with Gasteiger partial charge in [-0.2, -0.15) is 0 Å². The number of hydrogen-bond donors (Lipinski definition) is 2. The number of hydrogen-bond acceptors (Lipinski definition) is 5. The summed E-state index contributed by atoms with van der Waals surface area (Å²) in [6, 6.07) is 0. The topological polar surface area (TPSA) is 110 Å². The second-order valence-corrected chi connectivity index (χ2v) is 3.32. The van der Waals surface area contributed by atoms with Crippen molar-refractivity contribution < 1.29 is 24.2 Å². The van der Waals surface area contributed by atoms with Crippen molar-refractivity contribution >= 4 is 17.8 Å². The molecule has 0 atom stereocenters. The highest BCUT2D eigenvalue weighted by molar-refractivity contribution is 5.85. The minimum Gasteiger partial charge on any atom is -0.478 e. The molecule has 0 unspecified atom stereocenters. The fourth-order valence-corrected chi connectivity index (χ4v) is 0.388. The van der Waals surface area contributed by atoms with Gasteiger partial charge in [0, 0.05) is 18.7 Å². The first-order chi connectivity index (χ1) is 9.20. The smallest absolute Gasteiger partial charge is 0.330 e. The van der Waals surface area contributed by atoms with Crippen LogP contribution in [0.5, 0.6) is 0 Å². The molecule has 3 N–H and O–H groups in total. The van der Waals surface area contributed by atoms with E-state index in [1.807, 2.05) is 19.0 Å². The summed E-state index contributed by atoms with van der Waals surface area (Å²) >= 11 is 0. The molecule has 114 valence electrons. The Kier molecular flexibility index (Phi) is 18.9. The first-order valence-corrected chi connectivity index (χ1v) is 5.42. The van der Waals surface area contributed by atoms with Crippen molar-refractivity contribution in [2.24, 2.45) is 5.73 Å². The van der Waals surface area contributed by atoms with Crippen molar-refractivity contribution in [2.75, 3.05) is 27.2 Å². The predicted molar refractivity (Wildman–Crippen MR) is 76.9 cm³/mol. The van der Waals surface area contributed by atoms with Gasteiger partial charge in [-0.1, -0.05) is 19.7 Å². The summed E-state index contributed by atoms with van der Waals surface area (Å²) in [4.78, 5) is 31.1. The first-order valence-electron chi connectivity index (χ1n) is 5.42. The molecule has 0 rings (SSSR count). The maximum Gasteiger partial charge on any atom is 0.330 e. The zero-order valence-electron chi connectivity index (χ0n) is 11.9. The summed E-state index contributed by atoms with van der Waals surface area (Å²) in [5, 5.41) is 7.60. The number of nitrogens with two attached hydrogens (primary N) is 1. The molecule has 0 aliphatic carbocycles. The Bertz CT molecular complexity index is 320. The predicted octanol–water partition coefficient (Wildman–Crippen LogP) is 0.192. The zero-order valence-corrected chi connectivity index (χ0v) is 11.9. The molecule has 0 aliphatic heterocycles. The quantitative estimate of drug-likeness (QED) is 0.533. The van der Waals surface area contributed by atoms with E-state index in [1.54, 1.807) is 0 Å². The minimum absolute atomic E-state index is 0.359. The van der Waals surface area contributed by atoms with Gasteiger partial charge in [0.2, 0.25) is 5.91 Å². The number of carbonyl (C=O) groups is 3. The van der Waals surface area contributed by atoms with Crippen LogP contribution in [-0.2, 0) is 19.1 Å². The Hall–Kier alpha value is -2.41. The SMILES string of the molecule is C=CC(=O)O.C=CC(=O)OCCN(C)C.C=CC(N)=O. The van der Waals surface area contributed by atoms with E-state index < -0.39 is 11.9 Å². The molecule has 7 heteroatoms. The van der Waals surface area contributed by atoms with Crippen LogP contribution in [-0.4, -0.2) is 55.1 Å². The maximum absolute atomic E-state index is 10.4. The molecular formula is C13H22N2O5. The third-order valence-corrected chi connectivity index (χ3v) is 1.33. The number of ether oxygens (including phenoxy) is 1. The van der Waals surface area contributed by atoms with Gasteiger partial charge < -0.3 is 20.5 Å². The van der Waals surface area contributed by atoms with Gasteiger partial charge in [-0.15, -0.1) is 0 Å². The molecule has 0 aliphatic rings. The maximum atomic E-state index is 10.4. The number of esters is 1. The summed E-state index contributed by atoms with van der Waals surface area (Å²) in [6.07, 6.45) is 3.05. The Morgan fingerprint density at radius 2 is 1.55 bits per heavy atom. The molecule has 0 saturated heterocycles. The molecule has 0 aromatic rings. The molecule has 0 fully saturated rings. The van der Waals surface area contributed by atoms with Gasteiger partial charge in [-0.05, 0) is 20.2 Å². The molecule has 7 nitrogen and oxygen atoms in total. The monoisotopic (exact) mass is 286 g/mol. The number of rotatable bonds is 6. The van der Waals surface area contributed by atoms with Crippen molar-refractivity contribution in [2.45, 2.75) is 0 Å². The third kappa shape index (κ3) is 36.1. The van der Waals surface area contributed by atoms with Crippen LogP contribution in [0.3, 0.4) is 0 Å². The van der Waals surface area contributed by atoms with Gasteiger partial charge in [0.05, 0.1) is 0 Å². The number of primary amides is 1. The second-order valence-electron chi connectivity index (χ2n) is 3.32. The Morgan fingerprint density at radius 1 is 1.15 bits per heavy atom. The van der Waals surface area contributed by atoms with Crippen LogP contribution >= 0.6 is 0 Å². The fourth-order valence-electron chi connectivity index (χ4n) is 0.388. The number of nitrogens with zero attached hydrogens (tertiary/aromatic N) is 1. The normalized spacial score (nSPS) is 7.95. The standard InChI is InChI=1S/C7H13NO2.C3H5NO.C3H4O2/c1-4-7(9)10-6-5-8(2)3;2*1-2-3(4)5/h4H,1,5-6H2,2-3H3;2H,1H2,(H2,4,5);2H,1H2,(H,4,5). The Balaban J connectivity index is -0.000000244. The fraction of sp³-hybridized carbons (Fsp3) is 0.308. The summed E-state index contributed by atoms with van der Waals surface area (Å²) in [5.74, 6) is -1.82. The van der Waals surface area contributed by atoms with E-state index in [0.717, 1.165) is 24.8 Å². The average molecular weight is 286 g/mol.